The summed E-state index contributed by atoms with van der Waals surface area (Å²) in [5.74, 6) is 0.471. The van der Waals surface area contributed by atoms with E-state index in [1.54, 1.807) is 24.0 Å². The summed E-state index contributed by atoms with van der Waals surface area (Å²) >= 11 is 0. The molecule has 1 heterocycles. The van der Waals surface area contributed by atoms with E-state index >= 15 is 0 Å². The number of amides is 2. The summed E-state index contributed by atoms with van der Waals surface area (Å²) < 4.78 is 13.3. The lowest BCUT2D eigenvalue weighted by atomic mass is 10.0. The number of amidine groups is 1. The monoisotopic (exact) mass is 261 g/mol. The van der Waals surface area contributed by atoms with E-state index in [4.69, 9.17) is 5.41 Å². The van der Waals surface area contributed by atoms with Crippen molar-refractivity contribution >= 4 is 11.9 Å². The van der Waals surface area contributed by atoms with Gasteiger partial charge in [0.05, 0.1) is 0 Å². The van der Waals surface area contributed by atoms with Crippen LogP contribution in [0.1, 0.15) is 30.0 Å². The molecular weight excluding hydrogens is 245 g/mol. The number of carbonyl (C=O) groups excluding carboxylic acids is 1. The molecule has 1 aliphatic carbocycles. The van der Waals surface area contributed by atoms with Gasteiger partial charge in [-0.2, -0.15) is 0 Å². The first-order valence-electron chi connectivity index (χ1n) is 6.48. The van der Waals surface area contributed by atoms with Crippen LogP contribution < -0.4 is 5.32 Å². The maximum absolute atomic E-state index is 13.3. The fourth-order valence-electron chi connectivity index (χ4n) is 2.48. The molecule has 1 atom stereocenters. The highest BCUT2D eigenvalue weighted by molar-refractivity contribution is 6.06. The Morgan fingerprint density at radius 3 is 2.84 bits per heavy atom. The molecule has 2 fully saturated rings. The molecule has 1 saturated heterocycles. The largest absolute Gasteiger partial charge is 0.323 e. The number of benzene rings is 1. The van der Waals surface area contributed by atoms with Crippen molar-refractivity contribution in [2.75, 3.05) is 6.54 Å². The van der Waals surface area contributed by atoms with E-state index < -0.39 is 6.04 Å². The van der Waals surface area contributed by atoms with Crippen LogP contribution in [0.5, 0.6) is 0 Å². The minimum absolute atomic E-state index is 0.177. The maximum atomic E-state index is 13.3. The fraction of sp³-hybridized carbons (Fsp3) is 0.429. The van der Waals surface area contributed by atoms with Gasteiger partial charge in [-0.25, -0.2) is 9.18 Å². The molecule has 4 nitrogen and oxygen atoms in total. The molecule has 0 radical (unpaired) electrons. The van der Waals surface area contributed by atoms with Crippen LogP contribution in [-0.4, -0.2) is 23.3 Å². The molecule has 19 heavy (non-hydrogen) atoms. The van der Waals surface area contributed by atoms with Gasteiger partial charge in [0.2, 0.25) is 0 Å². The molecule has 0 bridgehead atoms. The number of nitrogens with one attached hydrogen (secondary N) is 2. The Morgan fingerprint density at radius 1 is 1.47 bits per heavy atom. The molecule has 0 spiro atoms. The summed E-state index contributed by atoms with van der Waals surface area (Å²) in [6.07, 6.45) is 2.29. The second-order valence-corrected chi connectivity index (χ2v) is 5.35. The number of carbonyl (C=O) groups is 1. The average molecular weight is 261 g/mol. The van der Waals surface area contributed by atoms with Crippen LogP contribution in [0.3, 0.4) is 0 Å². The molecule has 1 aromatic carbocycles. The number of aryl methyl sites for hydroxylation is 1. The van der Waals surface area contributed by atoms with Crippen molar-refractivity contribution in [3.63, 3.8) is 0 Å². The Balaban J connectivity index is 1.92. The van der Waals surface area contributed by atoms with E-state index in [1.807, 2.05) is 0 Å². The number of rotatable bonds is 3. The Bertz CT molecular complexity index is 554. The van der Waals surface area contributed by atoms with Crippen LogP contribution >= 0.6 is 0 Å². The van der Waals surface area contributed by atoms with Crippen LogP contribution in [0.2, 0.25) is 0 Å². The Morgan fingerprint density at radius 2 is 2.21 bits per heavy atom. The zero-order chi connectivity index (χ0) is 13.6. The molecule has 5 heteroatoms. The number of nitrogens with zero attached hydrogens (tertiary/aromatic N) is 1. The fourth-order valence-corrected chi connectivity index (χ4v) is 2.48. The zero-order valence-electron chi connectivity index (χ0n) is 10.7. The molecule has 1 saturated carbocycles. The minimum Gasteiger partial charge on any atom is -0.310 e. The van der Waals surface area contributed by atoms with Crippen molar-refractivity contribution in [2.24, 2.45) is 5.92 Å². The number of hydrogen-bond donors (Lipinski definition) is 2. The van der Waals surface area contributed by atoms with E-state index in [1.165, 1.54) is 6.07 Å². The molecular formula is C14H16FN3O. The van der Waals surface area contributed by atoms with E-state index in [9.17, 15) is 9.18 Å². The van der Waals surface area contributed by atoms with Gasteiger partial charge in [-0.15, -0.1) is 0 Å². The molecule has 1 unspecified atom stereocenters. The second kappa shape index (κ2) is 4.33. The van der Waals surface area contributed by atoms with Crippen LogP contribution in [-0.2, 0) is 0 Å². The van der Waals surface area contributed by atoms with Crippen molar-refractivity contribution in [2.45, 2.75) is 25.8 Å². The summed E-state index contributed by atoms with van der Waals surface area (Å²) in [4.78, 5) is 13.6. The molecule has 2 N–H and O–H groups in total. The van der Waals surface area contributed by atoms with Crippen molar-refractivity contribution in [3.05, 3.63) is 35.1 Å². The van der Waals surface area contributed by atoms with Crippen LogP contribution in [0, 0.1) is 24.1 Å². The van der Waals surface area contributed by atoms with Gasteiger partial charge in [-0.05, 0) is 42.9 Å². The summed E-state index contributed by atoms with van der Waals surface area (Å²) in [6.45, 7) is 2.37. The summed E-state index contributed by atoms with van der Waals surface area (Å²) in [7, 11) is 0. The van der Waals surface area contributed by atoms with Crippen molar-refractivity contribution < 1.29 is 9.18 Å². The lowest BCUT2D eigenvalue weighted by Crippen LogP contribution is -2.31. The first-order valence-corrected chi connectivity index (χ1v) is 6.48. The van der Waals surface area contributed by atoms with Crippen molar-refractivity contribution in [1.29, 1.82) is 5.41 Å². The lowest BCUT2D eigenvalue weighted by molar-refractivity contribution is 0.203. The first kappa shape index (κ1) is 12.1. The predicted molar refractivity (Wildman–Crippen MR) is 69.6 cm³/mol. The van der Waals surface area contributed by atoms with Crippen LogP contribution in [0.4, 0.5) is 9.18 Å². The maximum Gasteiger partial charge on any atom is 0.323 e. The lowest BCUT2D eigenvalue weighted by Gasteiger charge is -2.23. The summed E-state index contributed by atoms with van der Waals surface area (Å²) in [6, 6.07) is 4.16. The molecule has 0 aromatic heterocycles. The van der Waals surface area contributed by atoms with Crippen LogP contribution in [0.25, 0.3) is 0 Å². The highest BCUT2D eigenvalue weighted by Crippen LogP contribution is 2.35. The highest BCUT2D eigenvalue weighted by Gasteiger charge is 2.39. The second-order valence-electron chi connectivity index (χ2n) is 5.35. The Labute approximate surface area is 111 Å². The van der Waals surface area contributed by atoms with Crippen molar-refractivity contribution in [3.8, 4) is 0 Å². The van der Waals surface area contributed by atoms with Gasteiger partial charge in [-0.1, -0.05) is 12.1 Å². The normalized spacial score (nSPS) is 22.8. The topological polar surface area (TPSA) is 56.2 Å². The van der Waals surface area contributed by atoms with E-state index in [-0.39, 0.29) is 17.7 Å². The molecule has 100 valence electrons. The highest BCUT2D eigenvalue weighted by atomic mass is 19.1. The van der Waals surface area contributed by atoms with E-state index in [0.29, 0.717) is 18.0 Å². The number of urea groups is 1. The van der Waals surface area contributed by atoms with E-state index in [0.717, 1.165) is 18.4 Å². The zero-order valence-corrected chi connectivity index (χ0v) is 10.7. The van der Waals surface area contributed by atoms with Crippen LogP contribution in [0.15, 0.2) is 18.2 Å². The summed E-state index contributed by atoms with van der Waals surface area (Å²) in [5, 5.41) is 10.5. The quantitative estimate of drug-likeness (QED) is 0.863. The molecule has 1 aliphatic heterocycles. The summed E-state index contributed by atoms with van der Waals surface area (Å²) in [5.41, 5.74) is 1.33. The molecule has 1 aromatic rings. The van der Waals surface area contributed by atoms with Gasteiger partial charge in [0.25, 0.3) is 0 Å². The average Bonchev–Trinajstić information content (AvgIpc) is 3.11. The third-order valence-corrected chi connectivity index (χ3v) is 3.74. The molecule has 2 amide bonds. The minimum atomic E-state index is -0.396. The van der Waals surface area contributed by atoms with Gasteiger partial charge >= 0.3 is 6.03 Å². The first-order chi connectivity index (χ1) is 9.06. The third-order valence-electron chi connectivity index (χ3n) is 3.74. The number of halogens is 1. The van der Waals surface area contributed by atoms with Gasteiger partial charge in [-0.3, -0.25) is 10.7 Å². The Kier molecular flexibility index (Phi) is 2.77. The van der Waals surface area contributed by atoms with Gasteiger partial charge in [0, 0.05) is 6.54 Å². The number of hydrogen-bond acceptors (Lipinski definition) is 2. The van der Waals surface area contributed by atoms with E-state index in [2.05, 4.69) is 5.32 Å². The third kappa shape index (κ3) is 2.20. The predicted octanol–water partition coefficient (Wildman–Crippen LogP) is 2.59. The molecule has 2 aliphatic rings. The SMILES string of the molecule is Cc1cc(C2C(=N)NC(=O)N2CC2CC2)ccc1F. The molecule has 3 rings (SSSR count). The van der Waals surface area contributed by atoms with Gasteiger partial charge < -0.3 is 4.90 Å². The van der Waals surface area contributed by atoms with Gasteiger partial charge in [0.1, 0.15) is 17.7 Å². The van der Waals surface area contributed by atoms with Crippen molar-refractivity contribution in [1.82, 2.24) is 10.2 Å². The smallest absolute Gasteiger partial charge is 0.310 e. The van der Waals surface area contributed by atoms with Gasteiger partial charge in [0.15, 0.2) is 0 Å². The standard InChI is InChI=1S/C14H16FN3O/c1-8-6-10(4-5-11(8)15)12-13(16)17-14(19)18(12)7-9-2-3-9/h4-6,9,12H,2-3,7H2,1H3,(H2,16,17,19). The Hall–Kier alpha value is -1.91.